The summed E-state index contributed by atoms with van der Waals surface area (Å²) in [6, 6.07) is 9.90. The third-order valence-electron chi connectivity index (χ3n) is 3.80. The van der Waals surface area contributed by atoms with Crippen LogP contribution in [-0.4, -0.2) is 30.1 Å². The van der Waals surface area contributed by atoms with Crippen LogP contribution in [0.1, 0.15) is 39.2 Å². The molecule has 0 bridgehead atoms. The molecule has 0 aliphatic heterocycles. The Balaban J connectivity index is 2.84. The number of ether oxygens (including phenoxy) is 2. The van der Waals surface area contributed by atoms with Gasteiger partial charge < -0.3 is 14.6 Å². The number of carbonyl (C=O) groups is 1. The number of methoxy groups -OCH3 is 1. The summed E-state index contributed by atoms with van der Waals surface area (Å²) in [6.07, 6.45) is 0.758. The van der Waals surface area contributed by atoms with Crippen LogP contribution in [0.15, 0.2) is 30.3 Å². The lowest BCUT2D eigenvalue weighted by Gasteiger charge is -2.32. The summed E-state index contributed by atoms with van der Waals surface area (Å²) in [4.78, 5) is 12.0. The third-order valence-corrected chi connectivity index (χ3v) is 3.80. The predicted octanol–water partition coefficient (Wildman–Crippen LogP) is 2.93. The van der Waals surface area contributed by atoms with Crippen LogP contribution in [0.4, 0.5) is 0 Å². The summed E-state index contributed by atoms with van der Waals surface area (Å²) in [7, 11) is 1.34. The summed E-state index contributed by atoms with van der Waals surface area (Å²) in [5.74, 6) is -1.83. The van der Waals surface area contributed by atoms with E-state index in [9.17, 15) is 9.90 Å². The largest absolute Gasteiger partial charge is 0.467 e. The topological polar surface area (TPSA) is 55.8 Å². The fourth-order valence-electron chi connectivity index (χ4n) is 2.26. The molecule has 2 unspecified atom stereocenters. The Morgan fingerprint density at radius 1 is 1.24 bits per heavy atom. The quantitative estimate of drug-likeness (QED) is 0.591. The molecule has 0 spiro atoms. The zero-order valence-electron chi connectivity index (χ0n) is 13.3. The fourth-order valence-corrected chi connectivity index (χ4v) is 2.26. The summed E-state index contributed by atoms with van der Waals surface area (Å²) in [6.45, 7) is 5.60. The van der Waals surface area contributed by atoms with Gasteiger partial charge in [-0.2, -0.15) is 0 Å². The SMILES string of the molecule is CCC(O)(CC)OC(C(=O)OC)C(C)Cc1ccccc1. The van der Waals surface area contributed by atoms with E-state index in [2.05, 4.69) is 0 Å². The van der Waals surface area contributed by atoms with Crippen LogP contribution in [0.25, 0.3) is 0 Å². The first-order valence-corrected chi connectivity index (χ1v) is 7.47. The van der Waals surface area contributed by atoms with Crippen LogP contribution < -0.4 is 0 Å². The van der Waals surface area contributed by atoms with Crippen molar-refractivity contribution in [2.45, 2.75) is 51.9 Å². The number of rotatable bonds is 8. The van der Waals surface area contributed by atoms with Gasteiger partial charge in [0.05, 0.1) is 7.11 Å². The lowest BCUT2D eigenvalue weighted by atomic mass is 9.95. The van der Waals surface area contributed by atoms with Crippen molar-refractivity contribution in [3.8, 4) is 0 Å². The standard InChI is InChI=1S/C17H26O4/c1-5-17(19,6-2)21-15(16(18)20-4)13(3)12-14-10-8-7-9-11-14/h7-11,13,15,19H,5-6,12H2,1-4H3. The van der Waals surface area contributed by atoms with Gasteiger partial charge in [-0.3, -0.25) is 0 Å². The van der Waals surface area contributed by atoms with Gasteiger partial charge in [-0.05, 0) is 30.7 Å². The van der Waals surface area contributed by atoms with Crippen LogP contribution >= 0.6 is 0 Å². The fraction of sp³-hybridized carbons (Fsp3) is 0.588. The van der Waals surface area contributed by atoms with Crippen molar-refractivity contribution in [3.05, 3.63) is 35.9 Å². The second-order valence-corrected chi connectivity index (χ2v) is 5.38. The molecule has 21 heavy (non-hydrogen) atoms. The maximum atomic E-state index is 12.0. The number of benzene rings is 1. The lowest BCUT2D eigenvalue weighted by molar-refractivity contribution is -0.245. The maximum Gasteiger partial charge on any atom is 0.335 e. The minimum atomic E-state index is -1.29. The van der Waals surface area contributed by atoms with Gasteiger partial charge in [-0.15, -0.1) is 0 Å². The first-order valence-electron chi connectivity index (χ1n) is 7.47. The van der Waals surface area contributed by atoms with Crippen molar-refractivity contribution in [1.29, 1.82) is 0 Å². The molecule has 118 valence electrons. The van der Waals surface area contributed by atoms with E-state index in [0.717, 1.165) is 5.56 Å². The lowest BCUT2D eigenvalue weighted by Crippen LogP contribution is -2.43. The molecule has 2 atom stereocenters. The van der Waals surface area contributed by atoms with E-state index in [1.165, 1.54) is 7.11 Å². The van der Waals surface area contributed by atoms with Crippen molar-refractivity contribution in [3.63, 3.8) is 0 Å². The minimum absolute atomic E-state index is 0.0931. The van der Waals surface area contributed by atoms with Gasteiger partial charge in [-0.25, -0.2) is 4.79 Å². The van der Waals surface area contributed by atoms with E-state index in [1.54, 1.807) is 0 Å². The van der Waals surface area contributed by atoms with Crippen molar-refractivity contribution in [2.24, 2.45) is 5.92 Å². The van der Waals surface area contributed by atoms with Gasteiger partial charge in [0.15, 0.2) is 11.9 Å². The summed E-state index contributed by atoms with van der Waals surface area (Å²) in [5.41, 5.74) is 1.12. The van der Waals surface area contributed by atoms with Crippen LogP contribution in [0, 0.1) is 5.92 Å². The molecule has 1 aromatic rings. The minimum Gasteiger partial charge on any atom is -0.467 e. The Hall–Kier alpha value is -1.39. The molecule has 0 heterocycles. The van der Waals surface area contributed by atoms with Crippen molar-refractivity contribution < 1.29 is 19.4 Å². The van der Waals surface area contributed by atoms with Crippen molar-refractivity contribution in [1.82, 2.24) is 0 Å². The average molecular weight is 294 g/mol. The maximum absolute atomic E-state index is 12.0. The second kappa shape index (κ2) is 8.15. The number of aliphatic hydroxyl groups is 1. The molecule has 0 saturated carbocycles. The Bertz CT molecular complexity index is 426. The molecule has 0 aliphatic carbocycles. The summed E-state index contributed by atoms with van der Waals surface area (Å²) >= 11 is 0. The highest BCUT2D eigenvalue weighted by Gasteiger charge is 2.35. The smallest absolute Gasteiger partial charge is 0.335 e. The molecule has 0 amide bonds. The third kappa shape index (κ3) is 5.14. The van der Waals surface area contributed by atoms with E-state index in [1.807, 2.05) is 51.1 Å². The first kappa shape index (κ1) is 17.7. The molecule has 4 heteroatoms. The highest BCUT2D eigenvalue weighted by atomic mass is 16.6. The van der Waals surface area contributed by atoms with Crippen LogP contribution in [0.3, 0.4) is 0 Å². The Morgan fingerprint density at radius 2 is 1.81 bits per heavy atom. The molecular weight excluding hydrogens is 268 g/mol. The Morgan fingerprint density at radius 3 is 2.29 bits per heavy atom. The second-order valence-electron chi connectivity index (χ2n) is 5.38. The molecule has 1 N–H and O–H groups in total. The zero-order chi connectivity index (χ0) is 15.9. The molecule has 0 saturated heterocycles. The first-order chi connectivity index (χ1) is 9.95. The zero-order valence-corrected chi connectivity index (χ0v) is 13.3. The molecule has 0 radical (unpaired) electrons. The van der Waals surface area contributed by atoms with Gasteiger partial charge in [0.2, 0.25) is 0 Å². The van der Waals surface area contributed by atoms with Crippen molar-refractivity contribution >= 4 is 5.97 Å². The predicted molar refractivity (Wildman–Crippen MR) is 81.7 cm³/mol. The van der Waals surface area contributed by atoms with Gasteiger partial charge >= 0.3 is 5.97 Å². The monoisotopic (exact) mass is 294 g/mol. The van der Waals surface area contributed by atoms with E-state index in [0.29, 0.717) is 19.3 Å². The van der Waals surface area contributed by atoms with E-state index in [4.69, 9.17) is 9.47 Å². The Labute approximate surface area is 127 Å². The van der Waals surface area contributed by atoms with Crippen LogP contribution in [0.5, 0.6) is 0 Å². The molecule has 1 aromatic carbocycles. The molecule has 1 rings (SSSR count). The van der Waals surface area contributed by atoms with E-state index >= 15 is 0 Å². The van der Waals surface area contributed by atoms with Crippen molar-refractivity contribution in [2.75, 3.05) is 7.11 Å². The molecule has 0 fully saturated rings. The number of esters is 1. The summed E-state index contributed by atoms with van der Waals surface area (Å²) < 4.78 is 10.5. The van der Waals surface area contributed by atoms with Gasteiger partial charge in [0.25, 0.3) is 0 Å². The number of hydrogen-bond acceptors (Lipinski definition) is 4. The normalized spacial score (nSPS) is 14.5. The Kier molecular flexibility index (Phi) is 6.85. The molecule has 0 aromatic heterocycles. The van der Waals surface area contributed by atoms with Gasteiger partial charge in [0, 0.05) is 0 Å². The highest BCUT2D eigenvalue weighted by molar-refractivity contribution is 5.75. The molecule has 0 aliphatic rings. The van der Waals surface area contributed by atoms with Gasteiger partial charge in [0.1, 0.15) is 0 Å². The van der Waals surface area contributed by atoms with Gasteiger partial charge in [-0.1, -0.05) is 51.1 Å². The molecular formula is C17H26O4. The highest BCUT2D eigenvalue weighted by Crippen LogP contribution is 2.24. The van der Waals surface area contributed by atoms with Crippen LogP contribution in [0.2, 0.25) is 0 Å². The summed E-state index contributed by atoms with van der Waals surface area (Å²) in [5, 5.41) is 10.3. The average Bonchev–Trinajstić information content (AvgIpc) is 2.52. The van der Waals surface area contributed by atoms with E-state index in [-0.39, 0.29) is 5.92 Å². The van der Waals surface area contributed by atoms with E-state index < -0.39 is 17.9 Å². The molecule has 4 nitrogen and oxygen atoms in total. The number of hydrogen-bond donors (Lipinski definition) is 1. The van der Waals surface area contributed by atoms with Crippen LogP contribution in [-0.2, 0) is 20.7 Å². The number of carbonyl (C=O) groups excluding carboxylic acids is 1.